The van der Waals surface area contributed by atoms with E-state index in [9.17, 15) is 5.11 Å². The molecule has 19 heavy (non-hydrogen) atoms. The zero-order chi connectivity index (χ0) is 13.2. The van der Waals surface area contributed by atoms with E-state index in [1.165, 1.54) is 51.4 Å². The molecule has 3 heteroatoms. The molecule has 0 radical (unpaired) electrons. The lowest BCUT2D eigenvalue weighted by Gasteiger charge is -2.46. The molecule has 2 heterocycles. The van der Waals surface area contributed by atoms with E-state index in [0.29, 0.717) is 6.04 Å². The third-order valence-corrected chi connectivity index (χ3v) is 5.55. The second-order valence-corrected chi connectivity index (χ2v) is 6.87. The first kappa shape index (κ1) is 13.8. The summed E-state index contributed by atoms with van der Waals surface area (Å²) in [4.78, 5) is 2.73. The molecule has 0 amide bonds. The Morgan fingerprint density at radius 3 is 2.37 bits per heavy atom. The Morgan fingerprint density at radius 2 is 1.74 bits per heavy atom. The number of hydrogen-bond acceptors (Lipinski definition) is 3. The van der Waals surface area contributed by atoms with E-state index in [4.69, 9.17) is 0 Å². The van der Waals surface area contributed by atoms with Crippen LogP contribution in [0.5, 0.6) is 0 Å². The highest BCUT2D eigenvalue weighted by molar-refractivity contribution is 5.02. The van der Waals surface area contributed by atoms with E-state index in [1.54, 1.807) is 0 Å². The highest BCUT2D eigenvalue weighted by atomic mass is 16.3. The fraction of sp³-hybridized carbons (Fsp3) is 1.00. The van der Waals surface area contributed by atoms with Gasteiger partial charge in [0.15, 0.2) is 0 Å². The smallest absolute Gasteiger partial charge is 0.0695 e. The number of piperidine rings is 1. The van der Waals surface area contributed by atoms with Crippen molar-refractivity contribution in [3.8, 4) is 0 Å². The zero-order valence-electron chi connectivity index (χ0n) is 12.4. The van der Waals surface area contributed by atoms with Crippen molar-refractivity contribution in [3.05, 3.63) is 0 Å². The molecule has 3 fully saturated rings. The summed E-state index contributed by atoms with van der Waals surface area (Å²) in [7, 11) is 0. The summed E-state index contributed by atoms with van der Waals surface area (Å²) in [6.07, 6.45) is 11.3. The van der Waals surface area contributed by atoms with Crippen molar-refractivity contribution in [2.45, 2.75) is 95.0 Å². The molecule has 0 spiro atoms. The van der Waals surface area contributed by atoms with Gasteiger partial charge in [0.25, 0.3) is 0 Å². The molecule has 3 nitrogen and oxygen atoms in total. The maximum absolute atomic E-state index is 10.3. The van der Waals surface area contributed by atoms with Gasteiger partial charge >= 0.3 is 0 Å². The summed E-state index contributed by atoms with van der Waals surface area (Å²) in [6.45, 7) is 3.41. The van der Waals surface area contributed by atoms with Crippen LogP contribution in [0.2, 0.25) is 0 Å². The topological polar surface area (TPSA) is 35.5 Å². The Hall–Kier alpha value is -0.120. The van der Waals surface area contributed by atoms with Gasteiger partial charge in [0.05, 0.1) is 6.10 Å². The van der Waals surface area contributed by atoms with Crippen molar-refractivity contribution >= 4 is 0 Å². The van der Waals surface area contributed by atoms with Gasteiger partial charge in [-0.3, -0.25) is 4.90 Å². The molecular weight excluding hydrogens is 236 g/mol. The van der Waals surface area contributed by atoms with Gasteiger partial charge in [-0.15, -0.1) is 0 Å². The van der Waals surface area contributed by atoms with Crippen LogP contribution < -0.4 is 5.32 Å². The SMILES string of the molecule is CCCNC1CC2CCC(C1)N2C1CCCCC1O. The molecule has 1 saturated carbocycles. The second kappa shape index (κ2) is 6.11. The van der Waals surface area contributed by atoms with E-state index in [0.717, 1.165) is 31.1 Å². The number of aliphatic hydroxyl groups is 1. The average molecular weight is 266 g/mol. The maximum Gasteiger partial charge on any atom is 0.0695 e. The van der Waals surface area contributed by atoms with Crippen LogP contribution >= 0.6 is 0 Å². The van der Waals surface area contributed by atoms with E-state index in [1.807, 2.05) is 0 Å². The highest BCUT2D eigenvalue weighted by Crippen LogP contribution is 2.40. The van der Waals surface area contributed by atoms with E-state index >= 15 is 0 Å². The van der Waals surface area contributed by atoms with Crippen molar-refractivity contribution in [1.82, 2.24) is 10.2 Å². The summed E-state index contributed by atoms with van der Waals surface area (Å²) in [5.74, 6) is 0. The van der Waals surface area contributed by atoms with Gasteiger partial charge in [0, 0.05) is 24.2 Å². The first-order chi connectivity index (χ1) is 9.29. The average Bonchev–Trinajstić information content (AvgIpc) is 2.68. The summed E-state index contributed by atoms with van der Waals surface area (Å²) in [5, 5.41) is 14.1. The Morgan fingerprint density at radius 1 is 1.05 bits per heavy atom. The van der Waals surface area contributed by atoms with Gasteiger partial charge in [0.1, 0.15) is 0 Å². The maximum atomic E-state index is 10.3. The van der Waals surface area contributed by atoms with Crippen LogP contribution in [-0.4, -0.2) is 46.8 Å². The predicted octanol–water partition coefficient (Wildman–Crippen LogP) is 2.28. The van der Waals surface area contributed by atoms with Crippen LogP contribution in [-0.2, 0) is 0 Å². The van der Waals surface area contributed by atoms with E-state index in [2.05, 4.69) is 17.1 Å². The number of rotatable bonds is 4. The molecule has 3 aliphatic rings. The molecule has 1 aliphatic carbocycles. The number of nitrogens with zero attached hydrogens (tertiary/aromatic N) is 1. The summed E-state index contributed by atoms with van der Waals surface area (Å²) in [6, 6.07) is 2.68. The molecule has 2 aliphatic heterocycles. The zero-order valence-corrected chi connectivity index (χ0v) is 12.4. The number of nitrogens with one attached hydrogen (secondary N) is 1. The summed E-state index contributed by atoms with van der Waals surface area (Å²) in [5.41, 5.74) is 0. The molecule has 4 unspecified atom stereocenters. The predicted molar refractivity (Wildman–Crippen MR) is 78.2 cm³/mol. The lowest BCUT2D eigenvalue weighted by molar-refractivity contribution is -0.0252. The molecule has 4 atom stereocenters. The molecule has 2 N–H and O–H groups in total. The monoisotopic (exact) mass is 266 g/mol. The van der Waals surface area contributed by atoms with Crippen LogP contribution in [0.3, 0.4) is 0 Å². The number of hydrogen-bond donors (Lipinski definition) is 2. The van der Waals surface area contributed by atoms with Gasteiger partial charge in [-0.1, -0.05) is 19.8 Å². The van der Waals surface area contributed by atoms with Gasteiger partial charge in [-0.05, 0) is 51.5 Å². The first-order valence-electron chi connectivity index (χ1n) is 8.48. The number of aliphatic hydroxyl groups excluding tert-OH is 1. The van der Waals surface area contributed by atoms with Crippen molar-refractivity contribution in [2.24, 2.45) is 0 Å². The Kier molecular flexibility index (Phi) is 4.45. The van der Waals surface area contributed by atoms with Crippen LogP contribution in [0.25, 0.3) is 0 Å². The third-order valence-electron chi connectivity index (χ3n) is 5.55. The summed E-state index contributed by atoms with van der Waals surface area (Å²) < 4.78 is 0. The van der Waals surface area contributed by atoms with Gasteiger partial charge in [0.2, 0.25) is 0 Å². The standard InChI is InChI=1S/C16H30N2O/c1-2-9-17-12-10-13-7-8-14(11-12)18(13)15-5-3-4-6-16(15)19/h12-17,19H,2-11H2,1H3. The Balaban J connectivity index is 1.62. The molecule has 2 bridgehead atoms. The molecule has 0 aromatic rings. The largest absolute Gasteiger partial charge is 0.391 e. The normalized spacial score (nSPS) is 43.6. The minimum atomic E-state index is -0.0583. The molecule has 3 rings (SSSR count). The van der Waals surface area contributed by atoms with E-state index in [-0.39, 0.29) is 6.10 Å². The lowest BCUT2D eigenvalue weighted by atomic mass is 9.87. The van der Waals surface area contributed by atoms with Crippen LogP contribution in [0.1, 0.15) is 64.7 Å². The quantitative estimate of drug-likeness (QED) is 0.819. The van der Waals surface area contributed by atoms with Gasteiger partial charge in [-0.2, -0.15) is 0 Å². The fourth-order valence-electron chi connectivity index (χ4n) is 4.71. The molecular formula is C16H30N2O. The van der Waals surface area contributed by atoms with Crippen molar-refractivity contribution in [2.75, 3.05) is 6.54 Å². The fourth-order valence-corrected chi connectivity index (χ4v) is 4.71. The van der Waals surface area contributed by atoms with Crippen LogP contribution in [0.15, 0.2) is 0 Å². The van der Waals surface area contributed by atoms with Crippen LogP contribution in [0, 0.1) is 0 Å². The molecule has 0 aromatic heterocycles. The lowest BCUT2D eigenvalue weighted by Crippen LogP contribution is -2.56. The van der Waals surface area contributed by atoms with Crippen LogP contribution in [0.4, 0.5) is 0 Å². The third kappa shape index (κ3) is 2.84. The Labute approximate surface area is 117 Å². The van der Waals surface area contributed by atoms with Gasteiger partial charge in [-0.25, -0.2) is 0 Å². The minimum Gasteiger partial charge on any atom is -0.391 e. The molecule has 0 aromatic carbocycles. The van der Waals surface area contributed by atoms with Crippen molar-refractivity contribution < 1.29 is 5.11 Å². The minimum absolute atomic E-state index is 0.0583. The van der Waals surface area contributed by atoms with Crippen molar-refractivity contribution in [3.63, 3.8) is 0 Å². The summed E-state index contributed by atoms with van der Waals surface area (Å²) >= 11 is 0. The highest BCUT2D eigenvalue weighted by Gasteiger charge is 2.45. The second-order valence-electron chi connectivity index (χ2n) is 6.87. The van der Waals surface area contributed by atoms with Gasteiger partial charge < -0.3 is 10.4 Å². The first-order valence-corrected chi connectivity index (χ1v) is 8.48. The molecule has 2 saturated heterocycles. The molecule has 110 valence electrons. The Bertz CT molecular complexity index is 282. The van der Waals surface area contributed by atoms with Crippen molar-refractivity contribution in [1.29, 1.82) is 0 Å². The van der Waals surface area contributed by atoms with E-state index < -0.39 is 0 Å². The number of fused-ring (bicyclic) bond motifs is 2.